The third-order valence-electron chi connectivity index (χ3n) is 3.84. The van der Waals surface area contributed by atoms with Crippen molar-refractivity contribution in [3.05, 3.63) is 41.1 Å². The van der Waals surface area contributed by atoms with Gasteiger partial charge in [-0.2, -0.15) is 0 Å². The first kappa shape index (κ1) is 18.9. The van der Waals surface area contributed by atoms with Gasteiger partial charge in [0.1, 0.15) is 10.4 Å². The molecule has 1 aromatic heterocycles. The maximum absolute atomic E-state index is 12.7. The van der Waals surface area contributed by atoms with E-state index in [9.17, 15) is 19.5 Å². The van der Waals surface area contributed by atoms with Crippen molar-refractivity contribution in [3.8, 4) is 0 Å². The fourth-order valence-electron chi connectivity index (χ4n) is 2.59. The summed E-state index contributed by atoms with van der Waals surface area (Å²) in [5.41, 5.74) is 2.06. The highest BCUT2D eigenvalue weighted by Crippen LogP contribution is 2.35. The molecule has 0 bridgehead atoms. The minimum atomic E-state index is -1.32. The maximum Gasteiger partial charge on any atom is 0.326 e. The van der Waals surface area contributed by atoms with Gasteiger partial charge >= 0.3 is 11.9 Å². The summed E-state index contributed by atoms with van der Waals surface area (Å²) in [7, 11) is 0. The lowest BCUT2D eigenvalue weighted by Gasteiger charge is -2.22. The molecule has 0 aliphatic carbocycles. The smallest absolute Gasteiger partial charge is 0.326 e. The Balaban J connectivity index is 1.88. The van der Waals surface area contributed by atoms with Gasteiger partial charge in [-0.15, -0.1) is 0 Å². The second-order valence-corrected chi connectivity index (χ2v) is 7.32. The number of hydrogen-bond acceptors (Lipinski definition) is 7. The molecule has 0 saturated carbocycles. The van der Waals surface area contributed by atoms with Gasteiger partial charge in [0.2, 0.25) is 0 Å². The number of amides is 1. The fraction of sp³-hybridized carbons (Fsp3) is 0.176. The minimum absolute atomic E-state index is 0.0876. The third-order valence-corrected chi connectivity index (χ3v) is 5.17. The van der Waals surface area contributed by atoms with Gasteiger partial charge < -0.3 is 10.2 Å². The highest BCUT2D eigenvalue weighted by molar-refractivity contribution is 8.26. The Morgan fingerprint density at radius 1 is 1.22 bits per heavy atom. The molecule has 2 heterocycles. The zero-order chi connectivity index (χ0) is 19.6. The van der Waals surface area contributed by atoms with Crippen molar-refractivity contribution in [2.24, 2.45) is 0 Å². The van der Waals surface area contributed by atoms with Gasteiger partial charge in [-0.25, -0.2) is 4.79 Å². The summed E-state index contributed by atoms with van der Waals surface area (Å²) in [5.74, 6) is -2.99. The van der Waals surface area contributed by atoms with Gasteiger partial charge in [0.15, 0.2) is 0 Å². The van der Waals surface area contributed by atoms with Crippen LogP contribution in [-0.4, -0.2) is 53.3 Å². The number of hydrogen-bond donors (Lipinski definition) is 2. The lowest BCUT2D eigenvalue weighted by atomic mass is 10.1. The molecule has 1 aliphatic rings. The Bertz CT molecular complexity index is 991. The zero-order valence-corrected chi connectivity index (χ0v) is 15.4. The van der Waals surface area contributed by atoms with E-state index in [-0.39, 0.29) is 22.1 Å². The van der Waals surface area contributed by atoms with Crippen LogP contribution in [0.2, 0.25) is 0 Å². The van der Waals surface area contributed by atoms with E-state index in [0.29, 0.717) is 16.6 Å². The standard InChI is InChI=1S/C17H13N3O5S2/c21-14(22)4-3-12(16(24)25)20-15(23)13(27-17(20)26)8-9-1-2-10-11(7-9)19-6-5-18-10/h1-2,5-8,12H,3-4H2,(H,21,22)(H,24,25)/b13-8+/t12-/m0/s1. The maximum atomic E-state index is 12.7. The fourth-order valence-corrected chi connectivity index (χ4v) is 3.95. The van der Waals surface area contributed by atoms with Gasteiger partial charge in [-0.05, 0) is 30.2 Å². The number of carbonyl (C=O) groups is 3. The van der Waals surface area contributed by atoms with Crippen LogP contribution in [0.3, 0.4) is 0 Å². The molecule has 1 aliphatic heterocycles. The third kappa shape index (κ3) is 4.12. The van der Waals surface area contributed by atoms with Crippen molar-refractivity contribution in [3.63, 3.8) is 0 Å². The van der Waals surface area contributed by atoms with Crippen LogP contribution in [0.25, 0.3) is 17.1 Å². The molecule has 2 aromatic rings. The number of rotatable bonds is 6. The Labute approximate surface area is 162 Å². The lowest BCUT2D eigenvalue weighted by molar-refractivity contribution is -0.146. The molecule has 27 heavy (non-hydrogen) atoms. The van der Waals surface area contributed by atoms with Crippen molar-refractivity contribution in [1.29, 1.82) is 0 Å². The van der Waals surface area contributed by atoms with E-state index < -0.39 is 23.9 Å². The summed E-state index contributed by atoms with van der Waals surface area (Å²) < 4.78 is 0.0876. The number of aromatic nitrogens is 2. The number of fused-ring (bicyclic) bond motifs is 1. The molecule has 1 saturated heterocycles. The van der Waals surface area contributed by atoms with E-state index in [4.69, 9.17) is 17.3 Å². The van der Waals surface area contributed by atoms with Gasteiger partial charge in [0.25, 0.3) is 5.91 Å². The molecule has 0 spiro atoms. The normalized spacial score (nSPS) is 16.9. The molecule has 8 nitrogen and oxygen atoms in total. The summed E-state index contributed by atoms with van der Waals surface area (Å²) >= 11 is 6.14. The molecular formula is C17H13N3O5S2. The van der Waals surface area contributed by atoms with Crippen LogP contribution < -0.4 is 0 Å². The Morgan fingerprint density at radius 2 is 1.93 bits per heavy atom. The molecule has 138 valence electrons. The average Bonchev–Trinajstić information content (AvgIpc) is 2.89. The van der Waals surface area contributed by atoms with E-state index in [2.05, 4.69) is 9.97 Å². The summed E-state index contributed by atoms with van der Waals surface area (Å²) in [5, 5.41) is 18.2. The van der Waals surface area contributed by atoms with Crippen molar-refractivity contribution < 1.29 is 24.6 Å². The van der Waals surface area contributed by atoms with E-state index in [0.717, 1.165) is 16.7 Å². The van der Waals surface area contributed by atoms with Crippen molar-refractivity contribution in [2.45, 2.75) is 18.9 Å². The summed E-state index contributed by atoms with van der Waals surface area (Å²) in [6.45, 7) is 0. The second kappa shape index (κ2) is 7.80. The highest BCUT2D eigenvalue weighted by Gasteiger charge is 2.40. The monoisotopic (exact) mass is 403 g/mol. The predicted octanol–water partition coefficient (Wildman–Crippen LogP) is 2.15. The number of carboxylic acid groups (broad SMARTS) is 2. The first-order valence-corrected chi connectivity index (χ1v) is 9.01. The topological polar surface area (TPSA) is 121 Å². The zero-order valence-electron chi connectivity index (χ0n) is 13.7. The number of thiocarbonyl (C=S) groups is 1. The molecule has 0 unspecified atom stereocenters. The molecular weight excluding hydrogens is 390 g/mol. The Hall–Kier alpha value is -2.85. The number of aliphatic carboxylic acids is 2. The van der Waals surface area contributed by atoms with Crippen molar-refractivity contribution in [1.82, 2.24) is 14.9 Å². The van der Waals surface area contributed by atoms with E-state index in [1.165, 1.54) is 0 Å². The number of carbonyl (C=O) groups excluding carboxylic acids is 1. The molecule has 0 radical (unpaired) electrons. The van der Waals surface area contributed by atoms with Crippen LogP contribution in [-0.2, 0) is 14.4 Å². The van der Waals surface area contributed by atoms with Crippen LogP contribution in [0.5, 0.6) is 0 Å². The van der Waals surface area contributed by atoms with Crippen LogP contribution >= 0.6 is 24.0 Å². The molecule has 10 heteroatoms. The van der Waals surface area contributed by atoms with Gasteiger partial charge in [0, 0.05) is 18.8 Å². The molecule has 1 aromatic carbocycles. The molecule has 3 rings (SSSR count). The Kier molecular flexibility index (Phi) is 5.47. The quantitative estimate of drug-likeness (QED) is 0.552. The molecule has 1 atom stereocenters. The molecule has 1 amide bonds. The SMILES string of the molecule is O=C(O)CC[C@@H](C(=O)O)N1C(=O)/C(=C\c2ccc3nccnc3c2)SC1=S. The Morgan fingerprint density at radius 3 is 2.59 bits per heavy atom. The first-order chi connectivity index (χ1) is 12.9. The summed E-state index contributed by atoms with van der Waals surface area (Å²) in [6, 6.07) is 3.97. The highest BCUT2D eigenvalue weighted by atomic mass is 32.2. The van der Waals surface area contributed by atoms with Crippen LogP contribution in [0.15, 0.2) is 35.5 Å². The van der Waals surface area contributed by atoms with Crippen LogP contribution in [0, 0.1) is 0 Å². The summed E-state index contributed by atoms with van der Waals surface area (Å²) in [4.78, 5) is 44.6. The van der Waals surface area contributed by atoms with Crippen molar-refractivity contribution in [2.75, 3.05) is 0 Å². The van der Waals surface area contributed by atoms with Gasteiger partial charge in [-0.3, -0.25) is 24.5 Å². The predicted molar refractivity (Wildman–Crippen MR) is 103 cm³/mol. The van der Waals surface area contributed by atoms with Crippen LogP contribution in [0.4, 0.5) is 0 Å². The van der Waals surface area contributed by atoms with Gasteiger partial charge in [0.05, 0.1) is 15.9 Å². The van der Waals surface area contributed by atoms with Crippen LogP contribution in [0.1, 0.15) is 18.4 Å². The molecule has 1 fully saturated rings. The van der Waals surface area contributed by atoms with E-state index in [1.54, 1.807) is 36.7 Å². The number of carboxylic acids is 2. The number of benzene rings is 1. The second-order valence-electron chi connectivity index (χ2n) is 5.64. The average molecular weight is 403 g/mol. The van der Waals surface area contributed by atoms with E-state index in [1.807, 2.05) is 0 Å². The number of nitrogens with zero attached hydrogens (tertiary/aromatic N) is 3. The largest absolute Gasteiger partial charge is 0.481 e. The molecule has 2 N–H and O–H groups in total. The summed E-state index contributed by atoms with van der Waals surface area (Å²) in [6.07, 6.45) is 4.14. The minimum Gasteiger partial charge on any atom is -0.481 e. The lowest BCUT2D eigenvalue weighted by Crippen LogP contribution is -2.44. The number of thioether (sulfide) groups is 1. The van der Waals surface area contributed by atoms with Gasteiger partial charge in [-0.1, -0.05) is 30.0 Å². The van der Waals surface area contributed by atoms with Crippen molar-refractivity contribution >= 4 is 63.3 Å². The van der Waals surface area contributed by atoms with E-state index >= 15 is 0 Å². The first-order valence-electron chi connectivity index (χ1n) is 7.79.